The van der Waals surface area contributed by atoms with Crippen molar-refractivity contribution in [3.8, 4) is 11.5 Å². The van der Waals surface area contributed by atoms with E-state index in [0.717, 1.165) is 22.6 Å². The van der Waals surface area contributed by atoms with Crippen molar-refractivity contribution in [3.63, 3.8) is 0 Å². The van der Waals surface area contributed by atoms with Gasteiger partial charge in [0.25, 0.3) is 0 Å². The second-order valence-corrected chi connectivity index (χ2v) is 5.60. The summed E-state index contributed by atoms with van der Waals surface area (Å²) in [6, 6.07) is 5.67. The molecular formula is C16H16O3. The molecule has 1 aromatic rings. The molecule has 2 aliphatic rings. The maximum Gasteiger partial charge on any atom is 0.160 e. The largest absolute Gasteiger partial charge is 0.497 e. The predicted molar refractivity (Wildman–Crippen MR) is 73.1 cm³/mol. The third kappa shape index (κ3) is 1.95. The van der Waals surface area contributed by atoms with Gasteiger partial charge in [-0.15, -0.1) is 0 Å². The van der Waals surface area contributed by atoms with E-state index in [-0.39, 0.29) is 11.2 Å². The van der Waals surface area contributed by atoms with Crippen LogP contribution in [0.5, 0.6) is 11.5 Å². The van der Waals surface area contributed by atoms with Gasteiger partial charge in [-0.1, -0.05) is 13.8 Å². The lowest BCUT2D eigenvalue weighted by Crippen LogP contribution is -2.28. The lowest BCUT2D eigenvalue weighted by Gasteiger charge is -2.34. The normalized spacial score (nSPS) is 19.6. The first kappa shape index (κ1) is 12.0. The highest BCUT2D eigenvalue weighted by Crippen LogP contribution is 2.45. The fourth-order valence-corrected chi connectivity index (χ4v) is 2.62. The van der Waals surface area contributed by atoms with Crippen molar-refractivity contribution >= 4 is 11.9 Å². The lowest BCUT2D eigenvalue weighted by atomic mass is 9.74. The Labute approximate surface area is 112 Å². The number of ketones is 1. The summed E-state index contributed by atoms with van der Waals surface area (Å²) in [6.45, 7) is 4.14. The topological polar surface area (TPSA) is 35.5 Å². The summed E-state index contributed by atoms with van der Waals surface area (Å²) in [5.74, 6) is 2.37. The molecule has 0 spiro atoms. The second-order valence-electron chi connectivity index (χ2n) is 5.60. The number of hydrogen-bond donors (Lipinski definition) is 0. The summed E-state index contributed by atoms with van der Waals surface area (Å²) in [5, 5.41) is 0. The zero-order valence-electron chi connectivity index (χ0n) is 11.3. The van der Waals surface area contributed by atoms with Gasteiger partial charge in [0, 0.05) is 29.0 Å². The molecule has 0 unspecified atom stereocenters. The van der Waals surface area contributed by atoms with Crippen molar-refractivity contribution < 1.29 is 14.3 Å². The number of allylic oxidation sites excluding steroid dienone is 2. The van der Waals surface area contributed by atoms with Crippen LogP contribution in [0.3, 0.4) is 0 Å². The molecule has 1 aliphatic heterocycles. The number of rotatable bonds is 1. The number of hydrogen-bond acceptors (Lipinski definition) is 3. The Morgan fingerprint density at radius 2 is 2.05 bits per heavy atom. The van der Waals surface area contributed by atoms with E-state index in [1.165, 1.54) is 0 Å². The predicted octanol–water partition coefficient (Wildman–Crippen LogP) is 3.35. The van der Waals surface area contributed by atoms with Gasteiger partial charge in [0.2, 0.25) is 0 Å². The van der Waals surface area contributed by atoms with E-state index >= 15 is 0 Å². The number of carbonyl (C=O) groups excluding carboxylic acids is 1. The van der Waals surface area contributed by atoms with Gasteiger partial charge in [0.15, 0.2) is 5.78 Å². The minimum Gasteiger partial charge on any atom is -0.497 e. The Morgan fingerprint density at radius 3 is 2.79 bits per heavy atom. The van der Waals surface area contributed by atoms with Gasteiger partial charge in [-0.2, -0.15) is 0 Å². The van der Waals surface area contributed by atoms with Crippen LogP contribution in [0, 0.1) is 5.41 Å². The van der Waals surface area contributed by atoms with Crippen molar-refractivity contribution in [2.24, 2.45) is 5.41 Å². The molecule has 0 atom stereocenters. The summed E-state index contributed by atoms with van der Waals surface area (Å²) in [6.07, 6.45) is 4.22. The number of benzene rings is 1. The molecule has 0 radical (unpaired) electrons. The lowest BCUT2D eigenvalue weighted by molar-refractivity contribution is -0.116. The summed E-state index contributed by atoms with van der Waals surface area (Å²) in [5.41, 5.74) is 1.88. The van der Waals surface area contributed by atoms with Crippen molar-refractivity contribution in [1.29, 1.82) is 0 Å². The molecule has 3 heteroatoms. The van der Waals surface area contributed by atoms with Crippen LogP contribution in [0.15, 0.2) is 35.6 Å². The van der Waals surface area contributed by atoms with Crippen molar-refractivity contribution in [2.75, 3.05) is 7.11 Å². The Bertz CT molecular complexity index is 621. The van der Waals surface area contributed by atoms with Crippen LogP contribution in [-0.4, -0.2) is 12.9 Å². The Balaban J connectivity index is 2.15. The van der Waals surface area contributed by atoms with Crippen LogP contribution < -0.4 is 9.47 Å². The minimum atomic E-state index is -0.193. The second kappa shape index (κ2) is 3.98. The summed E-state index contributed by atoms with van der Waals surface area (Å²) >= 11 is 0. The first-order chi connectivity index (χ1) is 8.99. The molecule has 0 N–H and O–H groups in total. The molecule has 0 fully saturated rings. The summed E-state index contributed by atoms with van der Waals surface area (Å²) < 4.78 is 11.1. The molecule has 0 amide bonds. The van der Waals surface area contributed by atoms with Crippen molar-refractivity contribution in [1.82, 2.24) is 0 Å². The average Bonchev–Trinajstić information content (AvgIpc) is 2.35. The van der Waals surface area contributed by atoms with Crippen LogP contribution in [0.25, 0.3) is 6.08 Å². The van der Waals surface area contributed by atoms with Crippen LogP contribution in [0.1, 0.15) is 25.8 Å². The van der Waals surface area contributed by atoms with Crippen molar-refractivity contribution in [3.05, 3.63) is 41.2 Å². The van der Waals surface area contributed by atoms with Crippen LogP contribution >= 0.6 is 0 Å². The van der Waals surface area contributed by atoms with Gasteiger partial charge in [-0.05, 0) is 24.3 Å². The standard InChI is InChI=1S/C16H16O3/c1-16(2)9-11(17)8-15-13(16)7-10-6-12(18-3)4-5-14(10)19-15/h4-8H,9H2,1-3H3. The quantitative estimate of drug-likeness (QED) is 0.773. The van der Waals surface area contributed by atoms with E-state index < -0.39 is 0 Å². The number of methoxy groups -OCH3 is 1. The first-order valence-electron chi connectivity index (χ1n) is 6.32. The van der Waals surface area contributed by atoms with E-state index in [1.807, 2.05) is 18.2 Å². The van der Waals surface area contributed by atoms with E-state index in [1.54, 1.807) is 13.2 Å². The van der Waals surface area contributed by atoms with Gasteiger partial charge in [0.1, 0.15) is 17.3 Å². The molecule has 3 nitrogen and oxygen atoms in total. The molecule has 0 bridgehead atoms. The van der Waals surface area contributed by atoms with Crippen LogP contribution in [0.4, 0.5) is 0 Å². The maximum absolute atomic E-state index is 11.7. The van der Waals surface area contributed by atoms with Gasteiger partial charge in [-0.3, -0.25) is 4.79 Å². The molecule has 3 rings (SSSR count). The highest BCUT2D eigenvalue weighted by atomic mass is 16.5. The number of carbonyl (C=O) groups is 1. The van der Waals surface area contributed by atoms with E-state index in [0.29, 0.717) is 12.2 Å². The Hall–Kier alpha value is -2.03. The number of ether oxygens (including phenoxy) is 2. The van der Waals surface area contributed by atoms with Gasteiger partial charge in [-0.25, -0.2) is 0 Å². The zero-order valence-corrected chi connectivity index (χ0v) is 11.3. The SMILES string of the molecule is COc1ccc2c(c1)C=C1C(=CC(=O)CC1(C)C)O2. The van der Waals surface area contributed by atoms with Gasteiger partial charge < -0.3 is 9.47 Å². The highest BCUT2D eigenvalue weighted by molar-refractivity contribution is 5.94. The van der Waals surface area contributed by atoms with E-state index in [4.69, 9.17) is 9.47 Å². The number of fused-ring (bicyclic) bond motifs is 2. The molecule has 19 heavy (non-hydrogen) atoms. The molecule has 1 aliphatic carbocycles. The molecule has 1 aromatic carbocycles. The third-order valence-corrected chi connectivity index (χ3v) is 3.64. The highest BCUT2D eigenvalue weighted by Gasteiger charge is 2.36. The summed E-state index contributed by atoms with van der Waals surface area (Å²) in [7, 11) is 1.65. The fraction of sp³-hybridized carbons (Fsp3) is 0.312. The Kier molecular flexibility index (Phi) is 2.52. The van der Waals surface area contributed by atoms with Crippen LogP contribution in [-0.2, 0) is 4.79 Å². The molecule has 0 saturated carbocycles. The van der Waals surface area contributed by atoms with E-state index in [9.17, 15) is 4.79 Å². The average molecular weight is 256 g/mol. The minimum absolute atomic E-state index is 0.120. The van der Waals surface area contributed by atoms with E-state index in [2.05, 4.69) is 19.9 Å². The third-order valence-electron chi connectivity index (χ3n) is 3.64. The molecule has 0 aromatic heterocycles. The molecule has 1 heterocycles. The Morgan fingerprint density at radius 1 is 1.26 bits per heavy atom. The van der Waals surface area contributed by atoms with Gasteiger partial charge >= 0.3 is 0 Å². The smallest absolute Gasteiger partial charge is 0.160 e. The molecule has 98 valence electrons. The first-order valence-corrected chi connectivity index (χ1v) is 6.32. The molecule has 0 saturated heterocycles. The molecular weight excluding hydrogens is 240 g/mol. The van der Waals surface area contributed by atoms with Gasteiger partial charge in [0.05, 0.1) is 7.11 Å². The fourth-order valence-electron chi connectivity index (χ4n) is 2.62. The van der Waals surface area contributed by atoms with Crippen LogP contribution in [0.2, 0.25) is 0 Å². The monoisotopic (exact) mass is 256 g/mol. The zero-order chi connectivity index (χ0) is 13.6. The summed E-state index contributed by atoms with van der Waals surface area (Å²) in [4.78, 5) is 11.7. The maximum atomic E-state index is 11.7. The van der Waals surface area contributed by atoms with Crippen molar-refractivity contribution in [2.45, 2.75) is 20.3 Å².